The first-order chi connectivity index (χ1) is 4.29. The zero-order valence-corrected chi connectivity index (χ0v) is 4.44. The minimum Gasteiger partial charge on any atom is -0.350 e. The molecule has 9 heavy (non-hydrogen) atoms. The van der Waals surface area contributed by atoms with Crippen molar-refractivity contribution in [2.24, 2.45) is 21.1 Å². The van der Waals surface area contributed by atoms with Crippen LogP contribution in [-0.2, 0) is 4.84 Å². The van der Waals surface area contributed by atoms with E-state index >= 15 is 0 Å². The summed E-state index contributed by atoms with van der Waals surface area (Å²) in [6.07, 6.45) is 0. The Balaban J connectivity index is 2.53. The van der Waals surface area contributed by atoms with Crippen LogP contribution in [0.4, 0.5) is 4.79 Å². The van der Waals surface area contributed by atoms with Crippen LogP contribution in [0, 0.1) is 0 Å². The second-order valence-corrected chi connectivity index (χ2v) is 1.32. The summed E-state index contributed by atoms with van der Waals surface area (Å²) in [5, 5.41) is 6.49. The molecule has 2 N–H and O–H groups in total. The fourth-order valence-corrected chi connectivity index (χ4v) is 0.373. The van der Waals surface area contributed by atoms with Crippen LogP contribution in [0.3, 0.4) is 0 Å². The van der Waals surface area contributed by atoms with Crippen LogP contribution >= 0.6 is 0 Å². The van der Waals surface area contributed by atoms with Crippen molar-refractivity contribution in [2.45, 2.75) is 0 Å². The van der Waals surface area contributed by atoms with E-state index in [9.17, 15) is 4.79 Å². The average Bonchev–Trinajstić information content (AvgIpc) is 2.15. The first-order valence-electron chi connectivity index (χ1n) is 2.20. The number of rotatable bonds is 0. The number of hydrogen-bond acceptors (Lipinski definition) is 4. The van der Waals surface area contributed by atoms with Gasteiger partial charge in [0.1, 0.15) is 6.54 Å². The molecule has 48 valence electrons. The smallest absolute Gasteiger partial charge is 0.341 e. The zero-order chi connectivity index (χ0) is 6.69. The maximum atomic E-state index is 10.0. The number of primary amides is 1. The highest BCUT2D eigenvalue weighted by Gasteiger charge is 2.06. The van der Waals surface area contributed by atoms with Gasteiger partial charge in [-0.1, -0.05) is 0 Å². The third kappa shape index (κ3) is 1.48. The van der Waals surface area contributed by atoms with Crippen LogP contribution in [0.25, 0.3) is 0 Å². The summed E-state index contributed by atoms with van der Waals surface area (Å²) in [6, 6.07) is -0.794. The van der Waals surface area contributed by atoms with Crippen LogP contribution in [0.1, 0.15) is 0 Å². The molecule has 1 aliphatic rings. The quantitative estimate of drug-likeness (QED) is 0.492. The Morgan fingerprint density at radius 1 is 1.89 bits per heavy atom. The third-order valence-electron chi connectivity index (χ3n) is 0.645. The molecule has 0 saturated carbocycles. The van der Waals surface area contributed by atoms with Crippen molar-refractivity contribution >= 4 is 11.9 Å². The first-order valence-corrected chi connectivity index (χ1v) is 2.20. The molecule has 0 fully saturated rings. The van der Waals surface area contributed by atoms with E-state index in [2.05, 4.69) is 26.0 Å². The van der Waals surface area contributed by atoms with Gasteiger partial charge in [0.15, 0.2) is 0 Å². The average molecular weight is 128 g/mol. The maximum Gasteiger partial charge on any atom is 0.341 e. The summed E-state index contributed by atoms with van der Waals surface area (Å²) in [7, 11) is 0. The van der Waals surface area contributed by atoms with Crippen LogP contribution in [0.2, 0.25) is 0 Å². The van der Waals surface area contributed by atoms with Crippen molar-refractivity contribution in [3.05, 3.63) is 0 Å². The third-order valence-corrected chi connectivity index (χ3v) is 0.645. The molecule has 6 nitrogen and oxygen atoms in total. The molecule has 2 amide bonds. The second-order valence-electron chi connectivity index (χ2n) is 1.32. The Morgan fingerprint density at radius 3 is 3.11 bits per heavy atom. The molecule has 0 aromatic rings. The van der Waals surface area contributed by atoms with E-state index in [0.29, 0.717) is 0 Å². The predicted molar refractivity (Wildman–Crippen MR) is 27.8 cm³/mol. The minimum absolute atomic E-state index is 0.141. The monoisotopic (exact) mass is 128 g/mol. The SMILES string of the molecule is NC(=O)N=C1CN=NO1. The Labute approximate surface area is 50.4 Å². The predicted octanol–water partition coefficient (Wildman–Crippen LogP) is -0.139. The summed E-state index contributed by atoms with van der Waals surface area (Å²) < 4.78 is 0. The molecule has 0 aromatic carbocycles. The van der Waals surface area contributed by atoms with Crippen molar-refractivity contribution < 1.29 is 9.63 Å². The molecule has 1 aliphatic heterocycles. The van der Waals surface area contributed by atoms with Crippen molar-refractivity contribution in [1.29, 1.82) is 0 Å². The number of urea groups is 1. The van der Waals surface area contributed by atoms with Crippen LogP contribution in [0.15, 0.2) is 15.4 Å². The van der Waals surface area contributed by atoms with Gasteiger partial charge < -0.3 is 10.6 Å². The summed E-state index contributed by atoms with van der Waals surface area (Å²) in [5.74, 6) is 0.141. The molecule has 1 rings (SSSR count). The molecular weight excluding hydrogens is 124 g/mol. The number of nitrogens with zero attached hydrogens (tertiary/aromatic N) is 3. The Bertz CT molecular complexity index is 174. The van der Waals surface area contributed by atoms with Gasteiger partial charge >= 0.3 is 6.03 Å². The van der Waals surface area contributed by atoms with Crippen molar-refractivity contribution in [2.75, 3.05) is 6.54 Å². The van der Waals surface area contributed by atoms with E-state index < -0.39 is 6.03 Å². The van der Waals surface area contributed by atoms with Gasteiger partial charge in [0, 0.05) is 5.28 Å². The molecule has 0 saturated heterocycles. The van der Waals surface area contributed by atoms with Gasteiger partial charge in [0.25, 0.3) is 5.90 Å². The van der Waals surface area contributed by atoms with E-state index in [-0.39, 0.29) is 12.4 Å². The minimum atomic E-state index is -0.794. The lowest BCUT2D eigenvalue weighted by atomic mass is 10.7. The van der Waals surface area contributed by atoms with Crippen LogP contribution in [0.5, 0.6) is 0 Å². The molecule has 6 heteroatoms. The molecule has 0 atom stereocenters. The number of nitrogens with two attached hydrogens (primary N) is 1. The number of amides is 2. The van der Waals surface area contributed by atoms with Gasteiger partial charge in [0.05, 0.1) is 0 Å². The fourth-order valence-electron chi connectivity index (χ4n) is 0.373. The van der Waals surface area contributed by atoms with Gasteiger partial charge in [0.2, 0.25) is 0 Å². The van der Waals surface area contributed by atoms with E-state index in [1.165, 1.54) is 0 Å². The van der Waals surface area contributed by atoms with Gasteiger partial charge in [-0.3, -0.25) is 0 Å². The molecule has 0 bridgehead atoms. The summed E-state index contributed by atoms with van der Waals surface area (Å²) >= 11 is 0. The van der Waals surface area contributed by atoms with E-state index in [1.54, 1.807) is 0 Å². The van der Waals surface area contributed by atoms with Gasteiger partial charge in [-0.25, -0.2) is 4.79 Å². The Morgan fingerprint density at radius 2 is 2.67 bits per heavy atom. The second kappa shape index (κ2) is 2.21. The highest BCUT2D eigenvalue weighted by Crippen LogP contribution is 1.95. The Hall–Kier alpha value is -1.46. The van der Waals surface area contributed by atoms with Crippen LogP contribution in [-0.4, -0.2) is 18.5 Å². The number of carbonyl (C=O) groups excluding carboxylic acids is 1. The van der Waals surface area contributed by atoms with Gasteiger partial charge in [-0.2, -0.15) is 4.99 Å². The van der Waals surface area contributed by atoms with E-state index in [0.717, 1.165) is 0 Å². The summed E-state index contributed by atoms with van der Waals surface area (Å²) in [4.78, 5) is 17.6. The number of hydrogen-bond donors (Lipinski definition) is 1. The first kappa shape index (κ1) is 5.67. The normalized spacial score (nSPS) is 20.2. The summed E-state index contributed by atoms with van der Waals surface area (Å²) in [6.45, 7) is 0.197. The number of carbonyl (C=O) groups is 1. The van der Waals surface area contributed by atoms with Crippen molar-refractivity contribution in [3.63, 3.8) is 0 Å². The lowest BCUT2D eigenvalue weighted by Crippen LogP contribution is -2.10. The fraction of sp³-hybridized carbons (Fsp3) is 0.333. The molecule has 0 aliphatic carbocycles. The topological polar surface area (TPSA) is 89.4 Å². The molecule has 1 heterocycles. The van der Waals surface area contributed by atoms with E-state index in [1.807, 2.05) is 0 Å². The van der Waals surface area contributed by atoms with Crippen LogP contribution < -0.4 is 5.73 Å². The largest absolute Gasteiger partial charge is 0.350 e. The molecular formula is C3H4N4O2. The van der Waals surface area contributed by atoms with E-state index in [4.69, 9.17) is 0 Å². The molecule has 0 unspecified atom stereocenters. The lowest BCUT2D eigenvalue weighted by Gasteiger charge is -1.85. The highest BCUT2D eigenvalue weighted by atomic mass is 16.7. The van der Waals surface area contributed by atoms with Gasteiger partial charge in [-0.05, 0) is 0 Å². The summed E-state index contributed by atoms with van der Waals surface area (Å²) in [5.41, 5.74) is 4.68. The zero-order valence-electron chi connectivity index (χ0n) is 4.44. The Kier molecular flexibility index (Phi) is 1.39. The van der Waals surface area contributed by atoms with Gasteiger partial charge in [-0.15, -0.1) is 5.11 Å². The lowest BCUT2D eigenvalue weighted by molar-refractivity contribution is 0.255. The molecule has 0 radical (unpaired) electrons. The van der Waals surface area contributed by atoms with Crippen molar-refractivity contribution in [3.8, 4) is 0 Å². The van der Waals surface area contributed by atoms with Crippen molar-refractivity contribution in [1.82, 2.24) is 0 Å². The standard InChI is InChI=1S/C3H4N4O2/c4-3(8)6-2-1-5-7-9-2/h1H2,(H2,4,8). The molecule has 0 spiro atoms. The maximum absolute atomic E-state index is 10.0. The molecule has 0 aromatic heterocycles. The number of aliphatic imine (C=N–C) groups is 1. The highest BCUT2D eigenvalue weighted by molar-refractivity contribution is 5.91.